The van der Waals surface area contributed by atoms with Crippen molar-refractivity contribution in [1.82, 2.24) is 15.5 Å². The van der Waals surface area contributed by atoms with Crippen LogP contribution in [0.2, 0.25) is 0 Å². The Morgan fingerprint density at radius 1 is 1.17 bits per heavy atom. The minimum atomic E-state index is -0.381. The first-order chi connectivity index (χ1) is 25.5. The van der Waals surface area contributed by atoms with Crippen LogP contribution in [0.1, 0.15) is 112 Å². The standard InChI is InChI=1S/C29H39N3O2.C11H15FN2.C3H8.CH2O/c1-20-6-4-7-26(24(20)18-32(3)27-8-5-9-28(33)31-27)34-19-23-11-10-22(16-21(23)2)25-17-29(25)12-14-30-15-13-29;1-3-10(5-4-6-13)11(8-14)7-9(2)12;1-3-2;1-2/h4,6-7,10-11,16,25,27,30H,5,8-9,12-15,17-19H2,1-3H3,(H,31,33);3,7H,1,4-6,13H2,2H3;3H2,1-2H3;1H2/b;9-7+,11-10-;;/t25?,27-;;;/m0.../s1. The topological polar surface area (TPSA) is 120 Å². The Morgan fingerprint density at radius 3 is 2.45 bits per heavy atom. The van der Waals surface area contributed by atoms with Crippen molar-refractivity contribution in [3.05, 3.63) is 99.9 Å². The molecule has 290 valence electrons. The molecule has 1 unspecified atom stereocenters. The van der Waals surface area contributed by atoms with Crippen LogP contribution in [0.15, 0.2) is 72.1 Å². The lowest BCUT2D eigenvalue weighted by Gasteiger charge is -2.32. The van der Waals surface area contributed by atoms with Crippen LogP contribution >= 0.6 is 0 Å². The van der Waals surface area contributed by atoms with Crippen LogP contribution in [0.25, 0.3) is 0 Å². The van der Waals surface area contributed by atoms with E-state index in [1.54, 1.807) is 6.08 Å². The van der Waals surface area contributed by atoms with Gasteiger partial charge in [0.15, 0.2) is 0 Å². The number of ether oxygens (including phenoxy) is 1. The number of rotatable bonds is 12. The molecule has 5 rings (SSSR count). The first-order valence-corrected chi connectivity index (χ1v) is 19.1. The Labute approximate surface area is 318 Å². The summed E-state index contributed by atoms with van der Waals surface area (Å²) >= 11 is 0. The van der Waals surface area contributed by atoms with Crippen molar-refractivity contribution in [1.29, 1.82) is 5.26 Å². The van der Waals surface area contributed by atoms with Crippen molar-refractivity contribution < 1.29 is 18.7 Å². The lowest BCUT2D eigenvalue weighted by molar-refractivity contribution is -0.125. The Bertz CT molecular complexity index is 1570. The van der Waals surface area contributed by atoms with Crippen LogP contribution in [0.5, 0.6) is 5.75 Å². The number of allylic oxidation sites excluding steroid dienone is 5. The van der Waals surface area contributed by atoms with E-state index in [0.717, 1.165) is 43.0 Å². The van der Waals surface area contributed by atoms with E-state index in [2.05, 4.69) is 93.3 Å². The number of carbonyl (C=O) groups excluding carboxylic acids is 2. The molecule has 53 heavy (non-hydrogen) atoms. The van der Waals surface area contributed by atoms with Gasteiger partial charge < -0.3 is 25.9 Å². The van der Waals surface area contributed by atoms with Gasteiger partial charge in [-0.2, -0.15) is 5.26 Å². The van der Waals surface area contributed by atoms with Gasteiger partial charge in [0.1, 0.15) is 19.1 Å². The van der Waals surface area contributed by atoms with Crippen molar-refractivity contribution in [3.8, 4) is 11.8 Å². The maximum Gasteiger partial charge on any atom is 0.221 e. The summed E-state index contributed by atoms with van der Waals surface area (Å²) in [6.07, 6.45) is 12.1. The molecule has 0 radical (unpaired) electrons. The molecule has 1 amide bonds. The van der Waals surface area contributed by atoms with Crippen LogP contribution in [0, 0.1) is 30.6 Å². The zero-order valence-electron chi connectivity index (χ0n) is 33.2. The molecule has 1 saturated carbocycles. The first-order valence-electron chi connectivity index (χ1n) is 19.1. The average Bonchev–Trinajstić information content (AvgIpc) is 3.85. The Morgan fingerprint density at radius 2 is 1.87 bits per heavy atom. The first kappa shape index (κ1) is 45.1. The number of nitriles is 1. The van der Waals surface area contributed by atoms with E-state index in [9.17, 15) is 9.18 Å². The van der Waals surface area contributed by atoms with Crippen molar-refractivity contribution in [2.75, 3.05) is 26.7 Å². The van der Waals surface area contributed by atoms with Crippen molar-refractivity contribution in [3.63, 3.8) is 0 Å². The summed E-state index contributed by atoms with van der Waals surface area (Å²) in [6, 6.07) is 15.2. The lowest BCUT2D eigenvalue weighted by atomic mass is 9.89. The van der Waals surface area contributed by atoms with Gasteiger partial charge in [0.2, 0.25) is 5.91 Å². The summed E-state index contributed by atoms with van der Waals surface area (Å²) < 4.78 is 19.0. The van der Waals surface area contributed by atoms with Crippen LogP contribution in [-0.4, -0.2) is 50.4 Å². The third-order valence-corrected chi connectivity index (χ3v) is 10.2. The highest BCUT2D eigenvalue weighted by atomic mass is 19.1. The maximum atomic E-state index is 12.6. The summed E-state index contributed by atoms with van der Waals surface area (Å²) in [7, 11) is 2.09. The van der Waals surface area contributed by atoms with Crippen LogP contribution < -0.4 is 21.1 Å². The Kier molecular flexibility index (Phi) is 20.0. The van der Waals surface area contributed by atoms with E-state index in [4.69, 9.17) is 20.5 Å². The van der Waals surface area contributed by atoms with E-state index >= 15 is 0 Å². The number of piperidine rings is 2. The molecular formula is C44H64FN5O3. The van der Waals surface area contributed by atoms with Crippen LogP contribution in [0.4, 0.5) is 4.39 Å². The van der Waals surface area contributed by atoms with E-state index in [1.165, 1.54) is 79.6 Å². The van der Waals surface area contributed by atoms with Gasteiger partial charge in [-0.05, 0) is 144 Å². The summed E-state index contributed by atoms with van der Waals surface area (Å²) in [4.78, 5) is 22.1. The SMILES string of the molecule is C=C/C(CCCN)=C(C#N)\C=C(/C)F.C=O.CCC.Cc1cc(C2CC23CCNCC3)ccc1COc1cccc(C)c1CN(C)[C@H]1CCCC(=O)N1. The van der Waals surface area contributed by atoms with Gasteiger partial charge >= 0.3 is 0 Å². The highest BCUT2D eigenvalue weighted by molar-refractivity contribution is 5.76. The number of halogens is 1. The molecule has 9 heteroatoms. The molecule has 2 aliphatic heterocycles. The third-order valence-electron chi connectivity index (χ3n) is 10.2. The van der Waals surface area contributed by atoms with Gasteiger partial charge in [-0.1, -0.05) is 63.3 Å². The largest absolute Gasteiger partial charge is 0.489 e. The van der Waals surface area contributed by atoms with Gasteiger partial charge in [0.05, 0.1) is 23.6 Å². The molecule has 2 heterocycles. The van der Waals surface area contributed by atoms with Gasteiger partial charge in [0, 0.05) is 18.5 Å². The van der Waals surface area contributed by atoms with Gasteiger partial charge in [-0.25, -0.2) is 4.39 Å². The van der Waals surface area contributed by atoms with E-state index in [1.807, 2.05) is 12.9 Å². The minimum Gasteiger partial charge on any atom is -0.489 e. The summed E-state index contributed by atoms with van der Waals surface area (Å²) in [6.45, 7) is 19.7. The highest BCUT2D eigenvalue weighted by Gasteiger charge is 2.54. The molecule has 3 fully saturated rings. The fourth-order valence-electron chi connectivity index (χ4n) is 7.07. The molecule has 2 atom stereocenters. The molecule has 8 nitrogen and oxygen atoms in total. The molecule has 2 saturated heterocycles. The number of aryl methyl sites for hydroxylation is 2. The second-order valence-corrected chi connectivity index (χ2v) is 14.4. The van der Waals surface area contributed by atoms with Crippen LogP contribution in [0.3, 0.4) is 0 Å². The molecule has 2 aromatic rings. The Balaban J connectivity index is 0.000000431. The predicted molar refractivity (Wildman–Crippen MR) is 215 cm³/mol. The van der Waals surface area contributed by atoms with E-state index in [0.29, 0.717) is 37.0 Å². The zero-order chi connectivity index (χ0) is 39.4. The number of carbonyl (C=O) groups is 2. The van der Waals surface area contributed by atoms with Gasteiger partial charge in [-0.3, -0.25) is 9.69 Å². The lowest BCUT2D eigenvalue weighted by Crippen LogP contribution is -2.48. The monoisotopic (exact) mass is 729 g/mol. The highest BCUT2D eigenvalue weighted by Crippen LogP contribution is 2.64. The van der Waals surface area contributed by atoms with Crippen molar-refractivity contribution in [2.24, 2.45) is 11.1 Å². The number of hydrogen-bond donors (Lipinski definition) is 3. The molecule has 2 aromatic carbocycles. The minimum absolute atomic E-state index is 0.0918. The van der Waals surface area contributed by atoms with Gasteiger partial charge in [-0.15, -0.1) is 0 Å². The molecule has 1 spiro atoms. The van der Waals surface area contributed by atoms with Crippen molar-refractivity contribution in [2.45, 2.75) is 118 Å². The molecule has 0 bridgehead atoms. The number of amides is 1. The number of hydrogen-bond acceptors (Lipinski definition) is 7. The second kappa shape index (κ2) is 23.5. The summed E-state index contributed by atoms with van der Waals surface area (Å²) in [5, 5.41) is 15.4. The van der Waals surface area contributed by atoms with Crippen LogP contribution in [-0.2, 0) is 22.7 Å². The fourth-order valence-corrected chi connectivity index (χ4v) is 7.07. The molecule has 1 aliphatic carbocycles. The molecule has 0 aromatic heterocycles. The quantitative estimate of drug-likeness (QED) is 0.148. The number of benzene rings is 2. The third kappa shape index (κ3) is 14.0. The summed E-state index contributed by atoms with van der Waals surface area (Å²) in [5.74, 6) is 1.45. The fraction of sp³-hybridized carbons (Fsp3) is 0.523. The number of nitrogens with two attached hydrogens (primary N) is 1. The predicted octanol–water partition coefficient (Wildman–Crippen LogP) is 8.63. The van der Waals surface area contributed by atoms with E-state index in [-0.39, 0.29) is 17.9 Å². The average molecular weight is 730 g/mol. The molecule has 3 aliphatic rings. The summed E-state index contributed by atoms with van der Waals surface area (Å²) in [5.41, 5.74) is 13.5. The zero-order valence-corrected chi connectivity index (χ0v) is 33.2. The second-order valence-electron chi connectivity index (χ2n) is 14.4. The van der Waals surface area contributed by atoms with Gasteiger partial charge in [0.25, 0.3) is 0 Å². The normalized spacial score (nSPS) is 19.1. The van der Waals surface area contributed by atoms with Crippen molar-refractivity contribution >= 4 is 12.7 Å². The molecular weight excluding hydrogens is 666 g/mol. The smallest absolute Gasteiger partial charge is 0.221 e. The number of nitrogens with one attached hydrogen (secondary N) is 2. The Hall–Kier alpha value is -4.10. The molecule has 4 N–H and O–H groups in total. The number of nitrogens with zero attached hydrogens (tertiary/aromatic N) is 2. The maximum absolute atomic E-state index is 12.6. The van der Waals surface area contributed by atoms with E-state index < -0.39 is 0 Å².